The third kappa shape index (κ3) is 4.78. The van der Waals surface area contributed by atoms with Gasteiger partial charge in [-0.1, -0.05) is 48.5 Å². The van der Waals surface area contributed by atoms with Gasteiger partial charge in [0.1, 0.15) is 17.8 Å². The summed E-state index contributed by atoms with van der Waals surface area (Å²) >= 11 is 0. The third-order valence-electron chi connectivity index (χ3n) is 5.22. The van der Waals surface area contributed by atoms with Crippen LogP contribution in [0.4, 0.5) is 11.5 Å². The molecule has 0 aliphatic carbocycles. The second-order valence-corrected chi connectivity index (χ2v) is 7.28. The van der Waals surface area contributed by atoms with Crippen molar-refractivity contribution in [3.63, 3.8) is 0 Å². The largest absolute Gasteiger partial charge is 0.354 e. The zero-order valence-corrected chi connectivity index (χ0v) is 16.6. The molecule has 0 saturated carbocycles. The zero-order valence-electron chi connectivity index (χ0n) is 16.6. The lowest BCUT2D eigenvalue weighted by atomic mass is 10.2. The van der Waals surface area contributed by atoms with Gasteiger partial charge in [0.05, 0.1) is 0 Å². The molecule has 3 aromatic rings. The topological polar surface area (TPSA) is 61.4 Å². The predicted molar refractivity (Wildman–Crippen MR) is 115 cm³/mol. The second-order valence-electron chi connectivity index (χ2n) is 7.28. The van der Waals surface area contributed by atoms with E-state index in [-0.39, 0.29) is 5.91 Å². The van der Waals surface area contributed by atoms with E-state index in [4.69, 9.17) is 0 Å². The maximum absolute atomic E-state index is 12.6. The van der Waals surface area contributed by atoms with Crippen LogP contribution in [0.2, 0.25) is 0 Å². The van der Waals surface area contributed by atoms with Gasteiger partial charge >= 0.3 is 0 Å². The van der Waals surface area contributed by atoms with Crippen molar-refractivity contribution in [2.45, 2.75) is 13.5 Å². The number of nitrogens with zero attached hydrogens (tertiary/aromatic N) is 4. The van der Waals surface area contributed by atoms with Gasteiger partial charge in [-0.05, 0) is 24.1 Å². The molecule has 0 radical (unpaired) electrons. The second kappa shape index (κ2) is 8.84. The number of nitrogens with one attached hydrogen (secondary N) is 1. The highest BCUT2D eigenvalue weighted by atomic mass is 16.1. The number of carbonyl (C=O) groups is 1. The molecule has 2 heterocycles. The van der Waals surface area contributed by atoms with E-state index in [1.54, 1.807) is 6.07 Å². The molecule has 1 aromatic heterocycles. The van der Waals surface area contributed by atoms with Crippen LogP contribution < -0.4 is 10.2 Å². The van der Waals surface area contributed by atoms with Crippen molar-refractivity contribution >= 4 is 17.4 Å². The van der Waals surface area contributed by atoms with Crippen LogP contribution >= 0.6 is 0 Å². The van der Waals surface area contributed by atoms with Gasteiger partial charge in [0.15, 0.2) is 0 Å². The highest BCUT2D eigenvalue weighted by Crippen LogP contribution is 2.18. The minimum Gasteiger partial charge on any atom is -0.354 e. The number of anilines is 2. The van der Waals surface area contributed by atoms with E-state index in [1.165, 1.54) is 11.9 Å². The molecule has 4 rings (SSSR count). The zero-order chi connectivity index (χ0) is 20.1. The molecule has 1 fully saturated rings. The first-order chi connectivity index (χ1) is 14.2. The summed E-state index contributed by atoms with van der Waals surface area (Å²) in [6.45, 7) is 6.61. The van der Waals surface area contributed by atoms with Crippen molar-refractivity contribution in [3.8, 4) is 0 Å². The molecule has 0 bridgehead atoms. The third-order valence-corrected chi connectivity index (χ3v) is 5.22. The first-order valence-corrected chi connectivity index (χ1v) is 9.89. The number of para-hydroxylation sites is 1. The van der Waals surface area contributed by atoms with Gasteiger partial charge in [-0.25, -0.2) is 9.97 Å². The Labute approximate surface area is 171 Å². The van der Waals surface area contributed by atoms with Gasteiger partial charge in [0, 0.05) is 44.5 Å². The van der Waals surface area contributed by atoms with Crippen LogP contribution in [-0.4, -0.2) is 47.0 Å². The van der Waals surface area contributed by atoms with E-state index in [9.17, 15) is 4.79 Å². The predicted octanol–water partition coefficient (Wildman–Crippen LogP) is 3.36. The van der Waals surface area contributed by atoms with Gasteiger partial charge in [-0.3, -0.25) is 9.69 Å². The molecule has 148 valence electrons. The molecule has 1 amide bonds. The summed E-state index contributed by atoms with van der Waals surface area (Å²) in [6, 6.07) is 20.0. The lowest BCUT2D eigenvalue weighted by Gasteiger charge is -2.35. The van der Waals surface area contributed by atoms with Crippen molar-refractivity contribution in [3.05, 3.63) is 83.8 Å². The standard InChI is InChI=1S/C23H25N5O/c1-18-7-5-6-10-20(18)26-23(29)21-15-22(25-17-24-21)28-13-11-27(12-14-28)16-19-8-3-2-4-9-19/h2-10,15,17H,11-14,16H2,1H3,(H,26,29). The fourth-order valence-corrected chi connectivity index (χ4v) is 3.52. The smallest absolute Gasteiger partial charge is 0.274 e. The maximum Gasteiger partial charge on any atom is 0.274 e. The molecule has 6 heteroatoms. The number of hydrogen-bond donors (Lipinski definition) is 1. The Kier molecular flexibility index (Phi) is 5.81. The van der Waals surface area contributed by atoms with Crippen LogP contribution in [0.15, 0.2) is 67.0 Å². The highest BCUT2D eigenvalue weighted by Gasteiger charge is 2.19. The van der Waals surface area contributed by atoms with Crippen LogP contribution in [0.3, 0.4) is 0 Å². The van der Waals surface area contributed by atoms with Crippen molar-refractivity contribution in [1.82, 2.24) is 14.9 Å². The Morgan fingerprint density at radius 3 is 2.45 bits per heavy atom. The van der Waals surface area contributed by atoms with Crippen LogP contribution in [0.5, 0.6) is 0 Å². The Bertz CT molecular complexity index is 968. The van der Waals surface area contributed by atoms with Crippen LogP contribution in [0, 0.1) is 6.92 Å². The normalized spacial score (nSPS) is 14.6. The Morgan fingerprint density at radius 2 is 1.69 bits per heavy atom. The molecule has 1 aliphatic heterocycles. The molecule has 0 unspecified atom stereocenters. The number of benzene rings is 2. The molecule has 0 atom stereocenters. The fraction of sp³-hybridized carbons (Fsp3) is 0.261. The molecule has 1 saturated heterocycles. The number of carbonyl (C=O) groups excluding carboxylic acids is 1. The Balaban J connectivity index is 1.38. The summed E-state index contributed by atoms with van der Waals surface area (Å²) in [5, 5.41) is 2.94. The highest BCUT2D eigenvalue weighted by molar-refractivity contribution is 6.03. The first kappa shape index (κ1) is 19.1. The molecule has 2 aromatic carbocycles. The first-order valence-electron chi connectivity index (χ1n) is 9.89. The summed E-state index contributed by atoms with van der Waals surface area (Å²) in [5.74, 6) is 0.583. The summed E-state index contributed by atoms with van der Waals surface area (Å²) in [5.41, 5.74) is 3.53. The Hall–Kier alpha value is -3.25. The monoisotopic (exact) mass is 387 g/mol. The summed E-state index contributed by atoms with van der Waals surface area (Å²) in [7, 11) is 0. The van der Waals surface area contributed by atoms with Crippen molar-refractivity contribution < 1.29 is 4.79 Å². The van der Waals surface area contributed by atoms with E-state index in [2.05, 4.69) is 49.4 Å². The number of aromatic nitrogens is 2. The lowest BCUT2D eigenvalue weighted by molar-refractivity contribution is 0.102. The molecule has 1 aliphatic rings. The fourth-order valence-electron chi connectivity index (χ4n) is 3.52. The number of hydrogen-bond acceptors (Lipinski definition) is 5. The number of rotatable bonds is 5. The average Bonchev–Trinajstić information content (AvgIpc) is 2.77. The van der Waals surface area contributed by atoms with E-state index in [1.807, 2.05) is 37.3 Å². The van der Waals surface area contributed by atoms with Gasteiger partial charge < -0.3 is 10.2 Å². The van der Waals surface area contributed by atoms with E-state index < -0.39 is 0 Å². The SMILES string of the molecule is Cc1ccccc1NC(=O)c1cc(N2CCN(Cc3ccccc3)CC2)ncn1. The van der Waals surface area contributed by atoms with E-state index in [0.29, 0.717) is 5.69 Å². The molecule has 1 N–H and O–H groups in total. The van der Waals surface area contributed by atoms with Crippen molar-refractivity contribution in [2.75, 3.05) is 36.4 Å². The van der Waals surface area contributed by atoms with Crippen LogP contribution in [0.1, 0.15) is 21.6 Å². The number of amides is 1. The van der Waals surface area contributed by atoms with Gasteiger partial charge in [0.2, 0.25) is 0 Å². The quantitative estimate of drug-likeness (QED) is 0.727. The summed E-state index contributed by atoms with van der Waals surface area (Å²) < 4.78 is 0. The van der Waals surface area contributed by atoms with Crippen LogP contribution in [-0.2, 0) is 6.54 Å². The molecular formula is C23H25N5O. The maximum atomic E-state index is 12.6. The average molecular weight is 387 g/mol. The molecular weight excluding hydrogens is 362 g/mol. The van der Waals surface area contributed by atoms with Gasteiger partial charge in [0.25, 0.3) is 5.91 Å². The van der Waals surface area contributed by atoms with Crippen LogP contribution in [0.25, 0.3) is 0 Å². The minimum absolute atomic E-state index is 0.217. The summed E-state index contributed by atoms with van der Waals surface area (Å²) in [4.78, 5) is 25.9. The molecule has 6 nitrogen and oxygen atoms in total. The van der Waals surface area contributed by atoms with Gasteiger partial charge in [-0.15, -0.1) is 0 Å². The van der Waals surface area contributed by atoms with Crippen molar-refractivity contribution in [2.24, 2.45) is 0 Å². The minimum atomic E-state index is -0.217. The lowest BCUT2D eigenvalue weighted by Crippen LogP contribution is -2.46. The molecule has 29 heavy (non-hydrogen) atoms. The number of aryl methyl sites for hydroxylation is 1. The number of piperazine rings is 1. The molecule has 0 spiro atoms. The van der Waals surface area contributed by atoms with E-state index in [0.717, 1.165) is 49.8 Å². The Morgan fingerprint density at radius 1 is 0.966 bits per heavy atom. The van der Waals surface area contributed by atoms with Gasteiger partial charge in [-0.2, -0.15) is 0 Å². The summed E-state index contributed by atoms with van der Waals surface area (Å²) in [6.07, 6.45) is 1.47. The van der Waals surface area contributed by atoms with E-state index >= 15 is 0 Å². The van der Waals surface area contributed by atoms with Crippen molar-refractivity contribution in [1.29, 1.82) is 0 Å².